The van der Waals surface area contributed by atoms with E-state index in [1.807, 2.05) is 38.1 Å². The summed E-state index contributed by atoms with van der Waals surface area (Å²) in [5, 5.41) is 13.0. The van der Waals surface area contributed by atoms with Crippen molar-refractivity contribution in [2.45, 2.75) is 39.3 Å². The van der Waals surface area contributed by atoms with Gasteiger partial charge in [0.15, 0.2) is 6.61 Å². The summed E-state index contributed by atoms with van der Waals surface area (Å²) in [6.07, 6.45) is 2.45. The Morgan fingerprint density at radius 1 is 1.19 bits per heavy atom. The van der Waals surface area contributed by atoms with Crippen LogP contribution in [0.3, 0.4) is 0 Å². The van der Waals surface area contributed by atoms with Crippen LogP contribution < -0.4 is 10.1 Å². The molecule has 0 aliphatic carbocycles. The number of hydrogen-bond donors (Lipinski definition) is 2. The number of nitrogens with one attached hydrogen (secondary N) is 1. The fourth-order valence-corrected chi connectivity index (χ4v) is 3.46. The maximum atomic E-state index is 11.5. The van der Waals surface area contributed by atoms with E-state index in [-0.39, 0.29) is 30.5 Å². The van der Waals surface area contributed by atoms with E-state index < -0.39 is 0 Å². The van der Waals surface area contributed by atoms with E-state index in [1.54, 1.807) is 26.2 Å². The summed E-state index contributed by atoms with van der Waals surface area (Å²) < 4.78 is 16.2. The molecule has 0 radical (unpaired) electrons. The lowest BCUT2D eigenvalue weighted by molar-refractivity contribution is -0.145. The topological polar surface area (TPSA) is 77.0 Å². The van der Waals surface area contributed by atoms with Crippen LogP contribution in [0.1, 0.15) is 35.3 Å². The number of carbonyl (C=O) groups excluding carboxylic acids is 1. The molecule has 2 rings (SSSR count). The zero-order valence-electron chi connectivity index (χ0n) is 18.8. The number of carbonyl (C=O) groups is 1. The molecular formula is C25H33NO5. The minimum absolute atomic E-state index is 0.0804. The first-order chi connectivity index (χ1) is 14.9. The molecule has 0 saturated heterocycles. The predicted molar refractivity (Wildman–Crippen MR) is 122 cm³/mol. The third kappa shape index (κ3) is 7.12. The highest BCUT2D eigenvalue weighted by Crippen LogP contribution is 2.25. The van der Waals surface area contributed by atoms with Crippen molar-refractivity contribution >= 4 is 5.97 Å². The summed E-state index contributed by atoms with van der Waals surface area (Å²) in [5.74, 6) is 0.546. The number of methoxy groups -OCH3 is 1. The van der Waals surface area contributed by atoms with Crippen molar-refractivity contribution < 1.29 is 24.1 Å². The van der Waals surface area contributed by atoms with Gasteiger partial charge in [-0.1, -0.05) is 24.3 Å². The summed E-state index contributed by atoms with van der Waals surface area (Å²) in [5.41, 5.74) is 4.25. The predicted octanol–water partition coefficient (Wildman–Crippen LogP) is 4.03. The molecule has 2 aromatic rings. The van der Waals surface area contributed by atoms with Crippen LogP contribution in [-0.4, -0.2) is 44.0 Å². The quantitative estimate of drug-likeness (QED) is 0.393. The second-order valence-electron chi connectivity index (χ2n) is 7.35. The average molecular weight is 428 g/mol. The minimum atomic E-state index is -0.371. The van der Waals surface area contributed by atoms with Gasteiger partial charge < -0.3 is 24.6 Å². The molecule has 6 heteroatoms. The molecular weight excluding hydrogens is 394 g/mol. The SMILES string of the molecule is C=C[C@H](NCCc1cc(C)c(OCC(=O)OCC)cc1C)[C@H](OC)c1ccc(O)cc1. The highest BCUT2D eigenvalue weighted by Gasteiger charge is 2.20. The Labute approximate surface area is 184 Å². The van der Waals surface area contributed by atoms with Gasteiger partial charge in [0.1, 0.15) is 17.6 Å². The molecule has 0 aromatic heterocycles. The Morgan fingerprint density at radius 2 is 1.90 bits per heavy atom. The lowest BCUT2D eigenvalue weighted by Crippen LogP contribution is -2.35. The number of aryl methyl sites for hydroxylation is 2. The summed E-state index contributed by atoms with van der Waals surface area (Å²) >= 11 is 0. The number of ether oxygens (including phenoxy) is 3. The van der Waals surface area contributed by atoms with Crippen molar-refractivity contribution in [3.05, 3.63) is 71.3 Å². The van der Waals surface area contributed by atoms with E-state index in [0.29, 0.717) is 12.4 Å². The molecule has 0 aliphatic heterocycles. The van der Waals surface area contributed by atoms with Crippen LogP contribution in [-0.2, 0) is 20.7 Å². The third-order valence-corrected chi connectivity index (χ3v) is 5.11. The fraction of sp³-hybridized carbons (Fsp3) is 0.400. The average Bonchev–Trinajstić information content (AvgIpc) is 2.75. The van der Waals surface area contributed by atoms with Crippen LogP contribution in [0.4, 0.5) is 0 Å². The van der Waals surface area contributed by atoms with Crippen molar-refractivity contribution in [2.75, 3.05) is 26.9 Å². The molecule has 0 spiro atoms. The number of benzene rings is 2. The molecule has 6 nitrogen and oxygen atoms in total. The Balaban J connectivity index is 1.98. The monoisotopic (exact) mass is 427 g/mol. The molecule has 0 aliphatic rings. The number of rotatable bonds is 12. The first-order valence-electron chi connectivity index (χ1n) is 10.5. The van der Waals surface area contributed by atoms with Crippen molar-refractivity contribution in [1.29, 1.82) is 0 Å². The van der Waals surface area contributed by atoms with Crippen LogP contribution in [0, 0.1) is 13.8 Å². The largest absolute Gasteiger partial charge is 0.508 e. The molecule has 2 N–H and O–H groups in total. The molecule has 0 unspecified atom stereocenters. The molecule has 0 amide bonds. The summed E-state index contributed by atoms with van der Waals surface area (Å²) in [4.78, 5) is 11.5. The second-order valence-corrected chi connectivity index (χ2v) is 7.35. The summed E-state index contributed by atoms with van der Waals surface area (Å²) in [6, 6.07) is 11.0. The Hall–Kier alpha value is -2.83. The van der Waals surface area contributed by atoms with Crippen LogP contribution in [0.15, 0.2) is 49.1 Å². The first kappa shape index (κ1) is 24.4. The van der Waals surface area contributed by atoms with Crippen molar-refractivity contribution in [3.63, 3.8) is 0 Å². The Kier molecular flexibility index (Phi) is 9.56. The number of aromatic hydroxyl groups is 1. The number of esters is 1. The van der Waals surface area contributed by atoms with Gasteiger partial charge in [-0.15, -0.1) is 6.58 Å². The number of phenolic OH excluding ortho intramolecular Hbond substituents is 1. The standard InChI is InChI=1S/C25H33NO5/c1-6-22(25(29-5)19-8-10-21(27)11-9-19)26-13-12-20-14-18(4)23(15-17(20)3)31-16-24(28)30-7-2/h6,8-11,14-15,22,25-27H,1,7,12-13,16H2,2-5H3/t22-,25+/m0/s1. The normalized spacial score (nSPS) is 12.8. The smallest absolute Gasteiger partial charge is 0.344 e. The molecule has 2 atom stereocenters. The molecule has 0 bridgehead atoms. The number of hydrogen-bond acceptors (Lipinski definition) is 6. The number of phenols is 1. The molecule has 0 fully saturated rings. The van der Waals surface area contributed by atoms with Crippen molar-refractivity contribution in [1.82, 2.24) is 5.32 Å². The van der Waals surface area contributed by atoms with Crippen molar-refractivity contribution in [2.24, 2.45) is 0 Å². The van der Waals surface area contributed by atoms with Gasteiger partial charge in [0.2, 0.25) is 0 Å². The lowest BCUT2D eigenvalue weighted by Gasteiger charge is -2.25. The Bertz CT molecular complexity index is 863. The Morgan fingerprint density at radius 3 is 2.52 bits per heavy atom. The van der Waals surface area contributed by atoms with Gasteiger partial charge in [-0.05, 0) is 74.2 Å². The third-order valence-electron chi connectivity index (χ3n) is 5.11. The van der Waals surface area contributed by atoms with E-state index in [1.165, 1.54) is 5.56 Å². The second kappa shape index (κ2) is 12.1. The maximum Gasteiger partial charge on any atom is 0.344 e. The van der Waals surface area contributed by atoms with Gasteiger partial charge >= 0.3 is 5.97 Å². The van der Waals surface area contributed by atoms with Crippen LogP contribution >= 0.6 is 0 Å². The zero-order chi connectivity index (χ0) is 22.8. The molecule has 2 aromatic carbocycles. The van der Waals surface area contributed by atoms with Crippen LogP contribution in [0.5, 0.6) is 11.5 Å². The summed E-state index contributed by atoms with van der Waals surface area (Å²) in [7, 11) is 1.66. The van der Waals surface area contributed by atoms with Gasteiger partial charge in [0.05, 0.1) is 12.6 Å². The maximum absolute atomic E-state index is 11.5. The van der Waals surface area contributed by atoms with E-state index in [2.05, 4.69) is 18.0 Å². The first-order valence-corrected chi connectivity index (χ1v) is 10.5. The van der Waals surface area contributed by atoms with Crippen LogP contribution in [0.2, 0.25) is 0 Å². The van der Waals surface area contributed by atoms with E-state index in [0.717, 1.165) is 29.7 Å². The van der Waals surface area contributed by atoms with Gasteiger partial charge in [-0.3, -0.25) is 0 Å². The van der Waals surface area contributed by atoms with Gasteiger partial charge in [0, 0.05) is 7.11 Å². The van der Waals surface area contributed by atoms with Gasteiger partial charge in [-0.25, -0.2) is 4.79 Å². The highest BCUT2D eigenvalue weighted by molar-refractivity contribution is 5.71. The highest BCUT2D eigenvalue weighted by atomic mass is 16.6. The molecule has 0 heterocycles. The van der Waals surface area contributed by atoms with Crippen LogP contribution in [0.25, 0.3) is 0 Å². The van der Waals surface area contributed by atoms with E-state index in [9.17, 15) is 9.90 Å². The lowest BCUT2D eigenvalue weighted by atomic mass is 10.00. The van der Waals surface area contributed by atoms with Gasteiger partial charge in [-0.2, -0.15) is 0 Å². The molecule has 168 valence electrons. The molecule has 0 saturated carbocycles. The summed E-state index contributed by atoms with van der Waals surface area (Å²) in [6.45, 7) is 10.7. The fourth-order valence-electron chi connectivity index (χ4n) is 3.46. The van der Waals surface area contributed by atoms with E-state index >= 15 is 0 Å². The van der Waals surface area contributed by atoms with Gasteiger partial charge in [0.25, 0.3) is 0 Å². The van der Waals surface area contributed by atoms with E-state index in [4.69, 9.17) is 14.2 Å². The van der Waals surface area contributed by atoms with Crippen molar-refractivity contribution in [3.8, 4) is 11.5 Å². The minimum Gasteiger partial charge on any atom is -0.508 e. The zero-order valence-corrected chi connectivity index (χ0v) is 18.8. The molecule has 31 heavy (non-hydrogen) atoms.